The molecule has 1 rings (SSSR count). The van der Waals surface area contributed by atoms with Crippen molar-refractivity contribution < 1.29 is 8.42 Å². The van der Waals surface area contributed by atoms with Gasteiger partial charge in [0.1, 0.15) is 0 Å². The summed E-state index contributed by atoms with van der Waals surface area (Å²) >= 11 is 12.5. The number of benzene rings is 1. The van der Waals surface area contributed by atoms with E-state index >= 15 is 0 Å². The molecule has 0 fully saturated rings. The van der Waals surface area contributed by atoms with Gasteiger partial charge in [0.15, 0.2) is 0 Å². The summed E-state index contributed by atoms with van der Waals surface area (Å²) in [6.45, 7) is 1.84. The molecule has 0 saturated carbocycles. The van der Waals surface area contributed by atoms with Crippen molar-refractivity contribution in [2.45, 2.75) is 6.92 Å². The highest BCUT2D eigenvalue weighted by Gasteiger charge is 2.14. The van der Waals surface area contributed by atoms with Crippen molar-refractivity contribution in [3.05, 3.63) is 25.6 Å². The molecule has 0 unspecified atom stereocenters. The van der Waals surface area contributed by atoms with Crippen molar-refractivity contribution in [1.82, 2.24) is 0 Å². The smallest absolute Gasteiger partial charge is 0.229 e. The summed E-state index contributed by atoms with van der Waals surface area (Å²) in [6, 6.07) is 1.75. The van der Waals surface area contributed by atoms with Gasteiger partial charge in [-0.05, 0) is 50.4 Å². The molecule has 7 heteroatoms. The normalized spacial score (nSPS) is 11.5. The fourth-order valence-electron chi connectivity index (χ4n) is 0.992. The van der Waals surface area contributed by atoms with Gasteiger partial charge in [-0.25, -0.2) is 8.42 Å². The maximum absolute atomic E-state index is 11.1. The van der Waals surface area contributed by atoms with E-state index in [0.29, 0.717) is 19.7 Å². The van der Waals surface area contributed by atoms with Gasteiger partial charge in [-0.1, -0.05) is 11.6 Å². The minimum Gasteiger partial charge on any atom is -0.281 e. The maximum atomic E-state index is 11.1. The molecule has 84 valence electrons. The summed E-state index contributed by atoms with van der Waals surface area (Å²) in [7, 11) is -3.32. The van der Waals surface area contributed by atoms with Crippen LogP contribution in [-0.4, -0.2) is 14.7 Å². The van der Waals surface area contributed by atoms with Gasteiger partial charge in [-0.2, -0.15) is 0 Å². The second-order valence-electron chi connectivity index (χ2n) is 3.05. The van der Waals surface area contributed by atoms with Gasteiger partial charge < -0.3 is 0 Å². The first-order valence-electron chi connectivity index (χ1n) is 3.84. The summed E-state index contributed by atoms with van der Waals surface area (Å²) in [4.78, 5) is 0. The molecular weight excluding hydrogens is 369 g/mol. The Morgan fingerprint density at radius 3 is 2.40 bits per heavy atom. The Bertz CT molecular complexity index is 502. The van der Waals surface area contributed by atoms with Crippen LogP contribution in [0.5, 0.6) is 0 Å². The van der Waals surface area contributed by atoms with E-state index in [0.717, 1.165) is 11.8 Å². The van der Waals surface area contributed by atoms with E-state index in [9.17, 15) is 8.42 Å². The lowest BCUT2D eigenvalue weighted by atomic mass is 10.2. The molecule has 0 aromatic heterocycles. The first-order valence-corrected chi connectivity index (χ1v) is 7.70. The Morgan fingerprint density at radius 1 is 1.40 bits per heavy atom. The van der Waals surface area contributed by atoms with Gasteiger partial charge in [-0.15, -0.1) is 0 Å². The first kappa shape index (κ1) is 13.3. The first-order chi connectivity index (χ1) is 6.72. The fourth-order valence-corrected chi connectivity index (χ4v) is 3.52. The van der Waals surface area contributed by atoms with Gasteiger partial charge in [0.05, 0.1) is 21.4 Å². The molecule has 0 amide bonds. The number of hydrogen-bond donors (Lipinski definition) is 1. The van der Waals surface area contributed by atoms with Crippen molar-refractivity contribution in [2.75, 3.05) is 11.0 Å². The van der Waals surface area contributed by atoms with Crippen molar-refractivity contribution in [1.29, 1.82) is 0 Å². The van der Waals surface area contributed by atoms with E-state index in [1.807, 2.05) is 6.92 Å². The Morgan fingerprint density at radius 2 is 1.93 bits per heavy atom. The Kier molecular flexibility index (Phi) is 4.08. The highest BCUT2D eigenvalue weighted by Crippen LogP contribution is 2.39. The average Bonchev–Trinajstić information content (AvgIpc) is 2.07. The molecule has 1 aromatic carbocycles. The molecule has 0 atom stereocenters. The van der Waals surface area contributed by atoms with Crippen LogP contribution in [0.4, 0.5) is 5.69 Å². The third-order valence-corrected chi connectivity index (χ3v) is 4.34. The number of aryl methyl sites for hydroxylation is 1. The van der Waals surface area contributed by atoms with Crippen LogP contribution in [0.1, 0.15) is 5.56 Å². The highest BCUT2D eigenvalue weighted by atomic mass is 79.9. The van der Waals surface area contributed by atoms with Gasteiger partial charge in [0.2, 0.25) is 10.0 Å². The van der Waals surface area contributed by atoms with E-state index in [2.05, 4.69) is 36.6 Å². The average molecular weight is 377 g/mol. The highest BCUT2D eigenvalue weighted by molar-refractivity contribution is 9.11. The predicted octanol–water partition coefficient (Wildman–Crippen LogP) is 3.54. The van der Waals surface area contributed by atoms with Gasteiger partial charge in [0, 0.05) is 4.47 Å². The largest absolute Gasteiger partial charge is 0.281 e. The second kappa shape index (κ2) is 4.61. The van der Waals surface area contributed by atoms with E-state index in [4.69, 9.17) is 11.6 Å². The molecule has 3 nitrogen and oxygen atoms in total. The van der Waals surface area contributed by atoms with Crippen LogP contribution < -0.4 is 4.72 Å². The summed E-state index contributed by atoms with van der Waals surface area (Å²) in [5, 5.41) is 0.490. The lowest BCUT2D eigenvalue weighted by Crippen LogP contribution is -2.10. The quantitative estimate of drug-likeness (QED) is 0.802. The molecule has 0 radical (unpaired) electrons. The minimum absolute atomic E-state index is 0.410. The van der Waals surface area contributed by atoms with Crippen LogP contribution in [0.2, 0.25) is 5.02 Å². The molecule has 0 aliphatic rings. The van der Waals surface area contributed by atoms with Gasteiger partial charge >= 0.3 is 0 Å². The van der Waals surface area contributed by atoms with Crippen LogP contribution in [0.3, 0.4) is 0 Å². The molecule has 1 aromatic rings. The summed E-state index contributed by atoms with van der Waals surface area (Å²) in [6.07, 6.45) is 1.08. The number of halogens is 3. The van der Waals surface area contributed by atoms with Crippen molar-refractivity contribution in [3.63, 3.8) is 0 Å². The molecule has 1 N–H and O–H groups in total. The van der Waals surface area contributed by atoms with Crippen LogP contribution in [-0.2, 0) is 10.0 Å². The summed E-state index contributed by atoms with van der Waals surface area (Å²) in [5.41, 5.74) is 1.27. The van der Waals surface area contributed by atoms with Crippen LogP contribution >= 0.6 is 43.5 Å². The second-order valence-corrected chi connectivity index (χ2v) is 6.83. The Labute approximate surface area is 111 Å². The molecule has 0 aliphatic heterocycles. The predicted molar refractivity (Wildman–Crippen MR) is 70.1 cm³/mol. The summed E-state index contributed by atoms with van der Waals surface area (Å²) in [5.74, 6) is 0. The standard InChI is InChI=1S/C8H8Br2ClNO2S/c1-4-3-5(9)8(6(10)7(4)11)12-15(2,13)14/h3,12H,1-2H3. The molecule has 0 aliphatic carbocycles. The molecule has 0 heterocycles. The topological polar surface area (TPSA) is 46.2 Å². The Balaban J connectivity index is 3.37. The number of hydrogen-bond acceptors (Lipinski definition) is 2. The molecule has 0 spiro atoms. The van der Waals surface area contributed by atoms with Crippen molar-refractivity contribution in [2.24, 2.45) is 0 Å². The molecule has 0 saturated heterocycles. The lowest BCUT2D eigenvalue weighted by molar-refractivity contribution is 0.607. The van der Waals surface area contributed by atoms with Crippen molar-refractivity contribution >= 4 is 59.2 Å². The van der Waals surface area contributed by atoms with Crippen molar-refractivity contribution in [3.8, 4) is 0 Å². The third kappa shape index (κ3) is 3.34. The van der Waals surface area contributed by atoms with E-state index < -0.39 is 10.0 Å². The minimum atomic E-state index is -3.32. The fraction of sp³-hybridized carbons (Fsp3) is 0.250. The van der Waals surface area contributed by atoms with Crippen LogP contribution in [0, 0.1) is 6.92 Å². The van der Waals surface area contributed by atoms with E-state index in [-0.39, 0.29) is 0 Å². The van der Waals surface area contributed by atoms with E-state index in [1.54, 1.807) is 6.07 Å². The third-order valence-electron chi connectivity index (χ3n) is 1.63. The van der Waals surface area contributed by atoms with E-state index in [1.165, 1.54) is 0 Å². The van der Waals surface area contributed by atoms with Crippen LogP contribution in [0.15, 0.2) is 15.0 Å². The number of nitrogens with one attached hydrogen (secondary N) is 1. The SMILES string of the molecule is Cc1cc(Br)c(NS(C)(=O)=O)c(Br)c1Cl. The molecular formula is C8H8Br2ClNO2S. The summed E-state index contributed by atoms with van der Waals surface area (Å²) < 4.78 is 25.8. The lowest BCUT2D eigenvalue weighted by Gasteiger charge is -2.12. The number of rotatable bonds is 2. The molecule has 15 heavy (non-hydrogen) atoms. The van der Waals surface area contributed by atoms with Gasteiger partial charge in [0.25, 0.3) is 0 Å². The maximum Gasteiger partial charge on any atom is 0.229 e. The van der Waals surface area contributed by atoms with Crippen LogP contribution in [0.25, 0.3) is 0 Å². The zero-order valence-corrected chi connectivity index (χ0v) is 12.7. The number of anilines is 1. The zero-order chi connectivity index (χ0) is 11.8. The monoisotopic (exact) mass is 375 g/mol. The zero-order valence-electron chi connectivity index (χ0n) is 7.94. The Hall–Kier alpha value is 0.220. The molecule has 0 bridgehead atoms. The van der Waals surface area contributed by atoms with Gasteiger partial charge in [-0.3, -0.25) is 4.72 Å². The number of sulfonamides is 1.